The van der Waals surface area contributed by atoms with Gasteiger partial charge in [-0.25, -0.2) is 9.78 Å². The maximum Gasteiger partial charge on any atom is 0.342 e. The Kier molecular flexibility index (Phi) is 5.03. The number of benzene rings is 1. The monoisotopic (exact) mass is 389 g/mol. The molecule has 0 saturated carbocycles. The fourth-order valence-electron chi connectivity index (χ4n) is 3.51. The predicted molar refractivity (Wildman–Crippen MR) is 111 cm³/mol. The van der Waals surface area contributed by atoms with E-state index in [0.29, 0.717) is 13.0 Å². The zero-order valence-electron chi connectivity index (χ0n) is 16.7. The average molecular weight is 389 g/mol. The highest BCUT2D eigenvalue weighted by Gasteiger charge is 2.18. The van der Waals surface area contributed by atoms with E-state index < -0.39 is 0 Å². The Morgan fingerprint density at radius 3 is 2.93 bits per heavy atom. The van der Waals surface area contributed by atoms with Gasteiger partial charge in [0, 0.05) is 42.0 Å². The third-order valence-electron chi connectivity index (χ3n) is 5.12. The second kappa shape index (κ2) is 7.79. The largest absolute Gasteiger partial charge is 0.497 e. The van der Waals surface area contributed by atoms with E-state index in [4.69, 9.17) is 4.74 Å². The van der Waals surface area contributed by atoms with Crippen LogP contribution in [-0.4, -0.2) is 32.9 Å². The lowest BCUT2D eigenvalue weighted by Crippen LogP contribution is -2.29. The van der Waals surface area contributed by atoms with E-state index in [-0.39, 0.29) is 6.03 Å². The van der Waals surface area contributed by atoms with E-state index in [1.165, 1.54) is 4.68 Å². The SMILES string of the molecule is COc1cccc(CNC(=O)n2nc(C)c(Cc3c[nH]c4ncccc34)c2C)c1. The standard InChI is InChI=1S/C22H23N5O2/c1-14-20(11-17-13-24-21-19(17)8-5-9-23-21)15(2)27(26-14)22(28)25-12-16-6-4-7-18(10-16)29-3/h4-10,13H,11-12H2,1-3H3,(H,23,24)(H,25,28). The number of carbonyl (C=O) groups is 1. The van der Waals surface area contributed by atoms with Crippen molar-refractivity contribution in [2.24, 2.45) is 0 Å². The summed E-state index contributed by atoms with van der Waals surface area (Å²) in [6.45, 7) is 4.26. The highest BCUT2D eigenvalue weighted by Crippen LogP contribution is 2.23. The molecule has 0 bridgehead atoms. The summed E-state index contributed by atoms with van der Waals surface area (Å²) in [4.78, 5) is 20.3. The molecular weight excluding hydrogens is 366 g/mol. The zero-order chi connectivity index (χ0) is 20.4. The Balaban J connectivity index is 1.52. The summed E-state index contributed by atoms with van der Waals surface area (Å²) in [7, 11) is 1.62. The molecule has 7 heteroatoms. The van der Waals surface area contributed by atoms with Gasteiger partial charge < -0.3 is 15.0 Å². The van der Waals surface area contributed by atoms with Crippen LogP contribution in [0.15, 0.2) is 48.8 Å². The van der Waals surface area contributed by atoms with Crippen LogP contribution in [0.5, 0.6) is 5.75 Å². The van der Waals surface area contributed by atoms with Gasteiger partial charge in [0.25, 0.3) is 0 Å². The number of methoxy groups -OCH3 is 1. The van der Waals surface area contributed by atoms with E-state index in [1.807, 2.05) is 56.4 Å². The van der Waals surface area contributed by atoms with E-state index >= 15 is 0 Å². The number of nitrogens with one attached hydrogen (secondary N) is 2. The number of aromatic nitrogens is 4. The molecule has 3 aromatic heterocycles. The van der Waals surface area contributed by atoms with Crippen LogP contribution >= 0.6 is 0 Å². The molecule has 0 saturated heterocycles. The van der Waals surface area contributed by atoms with Crippen LogP contribution in [0, 0.1) is 13.8 Å². The molecule has 0 atom stereocenters. The van der Waals surface area contributed by atoms with Crippen molar-refractivity contribution in [2.45, 2.75) is 26.8 Å². The minimum atomic E-state index is -0.250. The highest BCUT2D eigenvalue weighted by molar-refractivity contribution is 5.80. The molecule has 1 aromatic carbocycles. The van der Waals surface area contributed by atoms with Crippen molar-refractivity contribution in [3.63, 3.8) is 0 Å². The summed E-state index contributed by atoms with van der Waals surface area (Å²) in [6, 6.07) is 11.3. The number of amides is 1. The van der Waals surface area contributed by atoms with Gasteiger partial charge in [0.15, 0.2) is 0 Å². The van der Waals surface area contributed by atoms with E-state index in [0.717, 1.165) is 44.9 Å². The van der Waals surface area contributed by atoms with Gasteiger partial charge in [0.2, 0.25) is 0 Å². The van der Waals surface area contributed by atoms with Gasteiger partial charge in [-0.3, -0.25) is 0 Å². The molecule has 0 unspecified atom stereocenters. The van der Waals surface area contributed by atoms with Crippen LogP contribution in [0.3, 0.4) is 0 Å². The maximum atomic E-state index is 12.7. The van der Waals surface area contributed by atoms with Gasteiger partial charge in [-0.1, -0.05) is 12.1 Å². The third-order valence-corrected chi connectivity index (χ3v) is 5.12. The molecule has 1 amide bonds. The number of aromatic amines is 1. The molecule has 4 rings (SSSR count). The smallest absolute Gasteiger partial charge is 0.342 e. The Morgan fingerprint density at radius 2 is 2.10 bits per heavy atom. The van der Waals surface area contributed by atoms with E-state index in [1.54, 1.807) is 13.3 Å². The Morgan fingerprint density at radius 1 is 1.24 bits per heavy atom. The Bertz CT molecular complexity index is 1180. The first-order valence-corrected chi connectivity index (χ1v) is 9.44. The summed E-state index contributed by atoms with van der Waals surface area (Å²) >= 11 is 0. The predicted octanol–water partition coefficient (Wildman–Crippen LogP) is 3.73. The Labute approximate surface area is 168 Å². The van der Waals surface area contributed by atoms with E-state index in [9.17, 15) is 4.79 Å². The second-order valence-corrected chi connectivity index (χ2v) is 6.96. The first-order chi connectivity index (χ1) is 14.1. The number of pyridine rings is 1. The quantitative estimate of drug-likeness (QED) is 0.545. The normalized spacial score (nSPS) is 11.0. The van der Waals surface area contributed by atoms with Gasteiger partial charge >= 0.3 is 6.03 Å². The summed E-state index contributed by atoms with van der Waals surface area (Å²) in [6.07, 6.45) is 4.42. The summed E-state index contributed by atoms with van der Waals surface area (Å²) in [5, 5.41) is 8.48. The first-order valence-electron chi connectivity index (χ1n) is 9.44. The molecule has 0 aliphatic carbocycles. The fourth-order valence-corrected chi connectivity index (χ4v) is 3.51. The number of H-pyrrole nitrogens is 1. The lowest BCUT2D eigenvalue weighted by atomic mass is 10.0. The molecule has 0 spiro atoms. The minimum Gasteiger partial charge on any atom is -0.497 e. The van der Waals surface area contributed by atoms with Crippen LogP contribution in [0.2, 0.25) is 0 Å². The molecule has 4 aromatic rings. The van der Waals surface area contributed by atoms with Crippen LogP contribution < -0.4 is 10.1 Å². The van der Waals surface area contributed by atoms with Gasteiger partial charge in [-0.2, -0.15) is 9.78 Å². The van der Waals surface area contributed by atoms with Gasteiger partial charge in [0.1, 0.15) is 11.4 Å². The summed E-state index contributed by atoms with van der Waals surface area (Å²) < 4.78 is 6.67. The summed E-state index contributed by atoms with van der Waals surface area (Å²) in [5.41, 5.74) is 5.69. The zero-order valence-corrected chi connectivity index (χ0v) is 16.7. The molecule has 2 N–H and O–H groups in total. The topological polar surface area (TPSA) is 84.8 Å². The molecule has 148 valence electrons. The van der Waals surface area contributed by atoms with Crippen LogP contribution in [0.4, 0.5) is 4.79 Å². The molecule has 7 nitrogen and oxygen atoms in total. The van der Waals surface area contributed by atoms with Crippen molar-refractivity contribution in [1.29, 1.82) is 0 Å². The number of rotatable bonds is 5. The fraction of sp³-hybridized carbons (Fsp3) is 0.227. The molecule has 3 heterocycles. The molecule has 29 heavy (non-hydrogen) atoms. The molecule has 0 aliphatic heterocycles. The van der Waals surface area contributed by atoms with Crippen molar-refractivity contribution in [3.05, 3.63) is 76.9 Å². The first kappa shape index (κ1) is 18.7. The molecular formula is C22H23N5O2. The van der Waals surface area contributed by atoms with Crippen LogP contribution in [-0.2, 0) is 13.0 Å². The number of hydrogen-bond donors (Lipinski definition) is 2. The number of carbonyl (C=O) groups excluding carboxylic acids is 1. The summed E-state index contributed by atoms with van der Waals surface area (Å²) in [5.74, 6) is 0.762. The number of aryl methyl sites for hydroxylation is 1. The second-order valence-electron chi connectivity index (χ2n) is 6.96. The maximum absolute atomic E-state index is 12.7. The van der Waals surface area contributed by atoms with Crippen molar-refractivity contribution in [3.8, 4) is 5.75 Å². The Hall–Kier alpha value is -3.61. The number of fused-ring (bicyclic) bond motifs is 1. The van der Waals surface area contributed by atoms with Crippen LogP contribution in [0.1, 0.15) is 28.1 Å². The lowest BCUT2D eigenvalue weighted by Gasteiger charge is -2.08. The lowest BCUT2D eigenvalue weighted by molar-refractivity contribution is 0.238. The van der Waals surface area contributed by atoms with Gasteiger partial charge in [-0.05, 0) is 49.2 Å². The highest BCUT2D eigenvalue weighted by atomic mass is 16.5. The molecule has 0 radical (unpaired) electrons. The van der Waals surface area contributed by atoms with Gasteiger partial charge in [0.05, 0.1) is 12.8 Å². The molecule has 0 fully saturated rings. The molecule has 0 aliphatic rings. The average Bonchev–Trinajstić information content (AvgIpc) is 3.28. The van der Waals surface area contributed by atoms with Crippen LogP contribution in [0.25, 0.3) is 11.0 Å². The van der Waals surface area contributed by atoms with Crippen molar-refractivity contribution < 1.29 is 9.53 Å². The number of hydrogen-bond acceptors (Lipinski definition) is 4. The van der Waals surface area contributed by atoms with Crippen molar-refractivity contribution in [1.82, 2.24) is 25.1 Å². The van der Waals surface area contributed by atoms with Crippen molar-refractivity contribution >= 4 is 17.1 Å². The van der Waals surface area contributed by atoms with Crippen molar-refractivity contribution in [2.75, 3.05) is 7.11 Å². The number of ether oxygens (including phenoxy) is 1. The minimum absolute atomic E-state index is 0.250. The number of nitrogens with zero attached hydrogens (tertiary/aromatic N) is 3. The van der Waals surface area contributed by atoms with Gasteiger partial charge in [-0.15, -0.1) is 0 Å². The van der Waals surface area contributed by atoms with E-state index in [2.05, 4.69) is 20.4 Å². The third kappa shape index (κ3) is 3.71.